The number of carboxylic acids is 1. The van der Waals surface area contributed by atoms with Crippen molar-refractivity contribution < 1.29 is 14.3 Å². The molecule has 0 unspecified atom stereocenters. The minimum Gasteiger partial charge on any atom is -0.481 e. The molecule has 1 N–H and O–H groups in total. The van der Waals surface area contributed by atoms with Crippen LogP contribution >= 0.6 is 11.3 Å². The van der Waals surface area contributed by atoms with Gasteiger partial charge in [-0.25, -0.2) is 0 Å². The van der Waals surface area contributed by atoms with Gasteiger partial charge in [-0.3, -0.25) is 4.79 Å². The van der Waals surface area contributed by atoms with E-state index < -0.39 is 11.4 Å². The summed E-state index contributed by atoms with van der Waals surface area (Å²) in [4.78, 5) is 10.8. The van der Waals surface area contributed by atoms with Gasteiger partial charge in [-0.15, -0.1) is 10.2 Å². The van der Waals surface area contributed by atoms with Crippen LogP contribution in [-0.2, 0) is 17.6 Å². The Morgan fingerprint density at radius 3 is 2.79 bits per heavy atom. The van der Waals surface area contributed by atoms with Crippen molar-refractivity contribution >= 4 is 17.3 Å². The molecule has 5 nitrogen and oxygen atoms in total. The molecule has 6 heteroatoms. The molecule has 2 heterocycles. The molecule has 0 aliphatic carbocycles. The highest BCUT2D eigenvalue weighted by molar-refractivity contribution is 7.07. The zero-order chi connectivity index (χ0) is 13.9. The van der Waals surface area contributed by atoms with Crippen molar-refractivity contribution in [3.05, 3.63) is 34.2 Å². The first-order chi connectivity index (χ1) is 8.94. The molecular formula is C13H16N2O3S. The van der Waals surface area contributed by atoms with E-state index in [1.807, 2.05) is 30.7 Å². The molecule has 0 radical (unpaired) electrons. The van der Waals surface area contributed by atoms with E-state index in [4.69, 9.17) is 9.52 Å². The maximum Gasteiger partial charge on any atom is 0.303 e. The smallest absolute Gasteiger partial charge is 0.303 e. The molecule has 0 saturated carbocycles. The number of aromatic nitrogens is 2. The predicted octanol–water partition coefficient (Wildman–Crippen LogP) is 2.77. The van der Waals surface area contributed by atoms with Gasteiger partial charge in [0.1, 0.15) is 0 Å². The Bertz CT molecular complexity index is 546. The van der Waals surface area contributed by atoms with E-state index in [0.717, 1.165) is 5.56 Å². The fourth-order valence-corrected chi connectivity index (χ4v) is 2.55. The van der Waals surface area contributed by atoms with Crippen LogP contribution < -0.4 is 0 Å². The summed E-state index contributed by atoms with van der Waals surface area (Å²) in [5, 5.41) is 20.9. The maximum absolute atomic E-state index is 10.8. The number of carboxylic acid groups (broad SMARTS) is 1. The summed E-state index contributed by atoms with van der Waals surface area (Å²) in [5.41, 5.74) is 0.753. The lowest BCUT2D eigenvalue weighted by Crippen LogP contribution is -2.19. The maximum atomic E-state index is 10.8. The molecule has 0 fully saturated rings. The number of rotatable bonds is 6. The van der Waals surface area contributed by atoms with Crippen molar-refractivity contribution in [1.29, 1.82) is 0 Å². The zero-order valence-corrected chi connectivity index (χ0v) is 11.7. The van der Waals surface area contributed by atoms with Gasteiger partial charge in [0.25, 0.3) is 0 Å². The Kier molecular flexibility index (Phi) is 3.99. The van der Waals surface area contributed by atoms with Crippen LogP contribution in [0.15, 0.2) is 21.2 Å². The largest absolute Gasteiger partial charge is 0.481 e. The summed E-state index contributed by atoms with van der Waals surface area (Å²) in [7, 11) is 0. The normalized spacial score (nSPS) is 11.7. The highest BCUT2D eigenvalue weighted by atomic mass is 32.1. The van der Waals surface area contributed by atoms with E-state index in [1.165, 1.54) is 0 Å². The van der Waals surface area contributed by atoms with Gasteiger partial charge in [0.2, 0.25) is 11.8 Å². The average Bonchev–Trinajstić information content (AvgIpc) is 2.88. The molecule has 2 aromatic heterocycles. The lowest BCUT2D eigenvalue weighted by molar-refractivity contribution is -0.139. The van der Waals surface area contributed by atoms with Crippen molar-refractivity contribution in [3.63, 3.8) is 0 Å². The van der Waals surface area contributed by atoms with Crippen LogP contribution in [0.25, 0.3) is 0 Å². The number of aliphatic carboxylic acids is 1. The third-order valence-electron chi connectivity index (χ3n) is 2.70. The Labute approximate surface area is 115 Å². The molecule has 0 aliphatic heterocycles. The summed E-state index contributed by atoms with van der Waals surface area (Å²) in [5.74, 6) is 0.249. The molecule has 0 aromatic carbocycles. The first-order valence-electron chi connectivity index (χ1n) is 5.99. The molecular weight excluding hydrogens is 264 g/mol. The standard InChI is InChI=1S/C13H16N2O3S/c1-13(2,7-12(16)17)6-11-15-14-10(18-11)5-9-3-4-19-8-9/h3-4,8H,5-7H2,1-2H3,(H,16,17). The third kappa shape index (κ3) is 4.17. The van der Waals surface area contributed by atoms with Gasteiger partial charge >= 0.3 is 5.97 Å². The molecule has 2 rings (SSSR count). The number of hydrogen-bond acceptors (Lipinski definition) is 5. The summed E-state index contributed by atoms with van der Waals surface area (Å²) in [6.07, 6.45) is 1.17. The summed E-state index contributed by atoms with van der Waals surface area (Å²) >= 11 is 1.63. The molecule has 102 valence electrons. The summed E-state index contributed by atoms with van der Waals surface area (Å²) < 4.78 is 5.56. The molecule has 2 aromatic rings. The van der Waals surface area contributed by atoms with E-state index in [1.54, 1.807) is 11.3 Å². The van der Waals surface area contributed by atoms with E-state index >= 15 is 0 Å². The van der Waals surface area contributed by atoms with Gasteiger partial charge in [-0.2, -0.15) is 11.3 Å². The lowest BCUT2D eigenvalue weighted by Gasteiger charge is -2.19. The van der Waals surface area contributed by atoms with Gasteiger partial charge in [0.15, 0.2) is 0 Å². The van der Waals surface area contributed by atoms with Crippen molar-refractivity contribution in [1.82, 2.24) is 10.2 Å². The van der Waals surface area contributed by atoms with Crippen LogP contribution in [0, 0.1) is 5.41 Å². The monoisotopic (exact) mass is 280 g/mol. The SMILES string of the molecule is CC(C)(CC(=O)O)Cc1nnc(Cc2ccsc2)o1. The molecule has 0 amide bonds. The van der Waals surface area contributed by atoms with E-state index in [9.17, 15) is 4.79 Å². The minimum absolute atomic E-state index is 0.0786. The predicted molar refractivity (Wildman–Crippen MR) is 71.2 cm³/mol. The van der Waals surface area contributed by atoms with Gasteiger partial charge in [0.05, 0.1) is 12.8 Å². The van der Waals surface area contributed by atoms with E-state index in [2.05, 4.69) is 10.2 Å². The van der Waals surface area contributed by atoms with Crippen molar-refractivity contribution in [2.75, 3.05) is 0 Å². The fraction of sp³-hybridized carbons (Fsp3) is 0.462. The first-order valence-corrected chi connectivity index (χ1v) is 6.93. The zero-order valence-electron chi connectivity index (χ0n) is 10.9. The third-order valence-corrected chi connectivity index (χ3v) is 3.44. The Morgan fingerprint density at radius 1 is 1.42 bits per heavy atom. The summed E-state index contributed by atoms with van der Waals surface area (Å²) in [6.45, 7) is 3.76. The number of thiophene rings is 1. The van der Waals surface area contributed by atoms with E-state index in [-0.39, 0.29) is 6.42 Å². The van der Waals surface area contributed by atoms with E-state index in [0.29, 0.717) is 24.6 Å². The second-order valence-corrected chi connectivity index (χ2v) is 6.09. The van der Waals surface area contributed by atoms with Gasteiger partial charge < -0.3 is 9.52 Å². The Hall–Kier alpha value is -1.69. The number of hydrogen-bond donors (Lipinski definition) is 1. The van der Waals surface area contributed by atoms with Crippen LogP contribution in [0.2, 0.25) is 0 Å². The molecule has 0 aliphatic rings. The molecule has 19 heavy (non-hydrogen) atoms. The van der Waals surface area contributed by atoms with Crippen LogP contribution in [0.5, 0.6) is 0 Å². The molecule has 0 saturated heterocycles. The van der Waals surface area contributed by atoms with Crippen LogP contribution in [0.1, 0.15) is 37.6 Å². The Balaban J connectivity index is 1.99. The first kappa shape index (κ1) is 13.7. The highest BCUT2D eigenvalue weighted by Gasteiger charge is 2.25. The lowest BCUT2D eigenvalue weighted by atomic mass is 9.86. The number of carbonyl (C=O) groups is 1. The second kappa shape index (κ2) is 5.52. The Morgan fingerprint density at radius 2 is 2.16 bits per heavy atom. The van der Waals surface area contributed by atoms with Gasteiger partial charge in [0, 0.05) is 6.42 Å². The van der Waals surface area contributed by atoms with Crippen LogP contribution in [0.4, 0.5) is 0 Å². The fourth-order valence-electron chi connectivity index (χ4n) is 1.88. The van der Waals surface area contributed by atoms with Crippen LogP contribution in [0.3, 0.4) is 0 Å². The van der Waals surface area contributed by atoms with Crippen molar-refractivity contribution in [3.8, 4) is 0 Å². The van der Waals surface area contributed by atoms with Crippen molar-refractivity contribution in [2.45, 2.75) is 33.1 Å². The minimum atomic E-state index is -0.817. The molecule has 0 spiro atoms. The quantitative estimate of drug-likeness (QED) is 0.880. The topological polar surface area (TPSA) is 76.2 Å². The molecule has 0 bridgehead atoms. The molecule has 0 atom stereocenters. The van der Waals surface area contributed by atoms with Gasteiger partial charge in [-0.05, 0) is 27.8 Å². The van der Waals surface area contributed by atoms with Crippen molar-refractivity contribution in [2.24, 2.45) is 5.41 Å². The van der Waals surface area contributed by atoms with Crippen LogP contribution in [-0.4, -0.2) is 21.3 Å². The average molecular weight is 280 g/mol. The summed E-state index contributed by atoms with van der Waals surface area (Å²) in [6, 6.07) is 2.02. The van der Waals surface area contributed by atoms with Gasteiger partial charge in [-0.1, -0.05) is 13.8 Å². The second-order valence-electron chi connectivity index (χ2n) is 5.31. The number of nitrogens with zero attached hydrogens (tertiary/aromatic N) is 2. The highest BCUT2D eigenvalue weighted by Crippen LogP contribution is 2.25.